The molecule has 0 aromatic heterocycles. The van der Waals surface area contributed by atoms with Crippen molar-refractivity contribution >= 4 is 11.7 Å². The van der Waals surface area contributed by atoms with Gasteiger partial charge in [-0.1, -0.05) is 92.6 Å². The van der Waals surface area contributed by atoms with Gasteiger partial charge in [-0.05, 0) is 70.2 Å². The number of carbonyl (C=O) groups is 1. The molecule has 38 heavy (non-hydrogen) atoms. The van der Waals surface area contributed by atoms with Gasteiger partial charge in [-0.25, -0.2) is 4.79 Å². The summed E-state index contributed by atoms with van der Waals surface area (Å²) in [5.41, 5.74) is 5.15. The van der Waals surface area contributed by atoms with Crippen LogP contribution in [-0.4, -0.2) is 41.7 Å². The smallest absolute Gasteiger partial charge is 0.319 e. The van der Waals surface area contributed by atoms with Crippen LogP contribution in [0.4, 0.5) is 10.5 Å². The summed E-state index contributed by atoms with van der Waals surface area (Å²) in [7, 11) is 0. The molecule has 1 aliphatic heterocycles. The third kappa shape index (κ3) is 8.49. The van der Waals surface area contributed by atoms with Crippen LogP contribution in [0.5, 0.6) is 5.75 Å². The van der Waals surface area contributed by atoms with Crippen LogP contribution in [0.3, 0.4) is 0 Å². The zero-order valence-corrected chi connectivity index (χ0v) is 25.3. The number of hydrogen-bond acceptors (Lipinski definition) is 3. The number of nitrogens with zero attached hydrogens (tertiary/aromatic N) is 1. The maximum atomic E-state index is 12.9. The van der Waals surface area contributed by atoms with E-state index in [4.69, 9.17) is 0 Å². The Balaban J connectivity index is 1.66. The Kier molecular flexibility index (Phi) is 9.24. The lowest BCUT2D eigenvalue weighted by Gasteiger charge is -2.36. The maximum absolute atomic E-state index is 12.9. The minimum atomic E-state index is -0.152. The summed E-state index contributed by atoms with van der Waals surface area (Å²) >= 11 is 0. The van der Waals surface area contributed by atoms with E-state index in [1.807, 2.05) is 18.2 Å². The quantitative estimate of drug-likeness (QED) is 0.371. The summed E-state index contributed by atoms with van der Waals surface area (Å²) < 4.78 is 0. The van der Waals surface area contributed by atoms with Gasteiger partial charge in [-0.2, -0.15) is 0 Å². The fourth-order valence-corrected chi connectivity index (χ4v) is 5.37. The number of rotatable bonds is 6. The van der Waals surface area contributed by atoms with Crippen molar-refractivity contribution in [2.75, 3.05) is 25.0 Å². The van der Waals surface area contributed by atoms with Crippen molar-refractivity contribution < 1.29 is 9.90 Å². The predicted octanol–water partition coefficient (Wildman–Crippen LogP) is 7.40. The molecule has 1 fully saturated rings. The molecule has 2 amide bonds. The fourth-order valence-electron chi connectivity index (χ4n) is 5.37. The van der Waals surface area contributed by atoms with Gasteiger partial charge in [0.2, 0.25) is 0 Å². The van der Waals surface area contributed by atoms with Crippen LogP contribution < -0.4 is 10.6 Å². The number of likely N-dealkylation sites (tertiary alicyclic amines) is 1. The highest BCUT2D eigenvalue weighted by Gasteiger charge is 2.27. The molecule has 0 aliphatic carbocycles. The van der Waals surface area contributed by atoms with Gasteiger partial charge >= 0.3 is 6.03 Å². The van der Waals surface area contributed by atoms with Crippen LogP contribution in [0, 0.1) is 5.41 Å². The van der Waals surface area contributed by atoms with Gasteiger partial charge in [0.25, 0.3) is 0 Å². The number of para-hydroxylation sites is 1. The Bertz CT molecular complexity index is 1060. The number of hydrogen-bond donors (Lipinski definition) is 3. The molecule has 1 saturated heterocycles. The third-order valence-electron chi connectivity index (χ3n) is 7.36. The van der Waals surface area contributed by atoms with Crippen LogP contribution in [0.1, 0.15) is 97.4 Å². The normalized spacial score (nSPS) is 15.9. The molecule has 2 aromatic carbocycles. The molecule has 0 saturated carbocycles. The average Bonchev–Trinajstić information content (AvgIpc) is 2.78. The number of carbonyl (C=O) groups excluding carboxylic acids is 1. The van der Waals surface area contributed by atoms with E-state index in [0.29, 0.717) is 11.2 Å². The van der Waals surface area contributed by atoms with Gasteiger partial charge in [-0.15, -0.1) is 0 Å². The van der Waals surface area contributed by atoms with E-state index in [1.165, 1.54) is 5.56 Å². The summed E-state index contributed by atoms with van der Waals surface area (Å²) in [6.45, 7) is 22.8. The molecular weight excluding hydrogens is 470 g/mol. The topological polar surface area (TPSA) is 64.6 Å². The number of aryl methyl sites for hydroxylation is 2. The van der Waals surface area contributed by atoms with Gasteiger partial charge in [0.1, 0.15) is 5.75 Å². The van der Waals surface area contributed by atoms with E-state index in [1.54, 1.807) is 0 Å². The maximum Gasteiger partial charge on any atom is 0.319 e. The number of piperidine rings is 1. The number of phenols is 1. The number of amides is 2. The highest BCUT2D eigenvalue weighted by molar-refractivity contribution is 5.90. The second-order valence-corrected chi connectivity index (χ2v) is 14.4. The van der Waals surface area contributed by atoms with Crippen LogP contribution in [0.25, 0.3) is 0 Å². The van der Waals surface area contributed by atoms with Crippen LogP contribution in [0.15, 0.2) is 36.4 Å². The molecule has 5 heteroatoms. The molecule has 1 aliphatic rings. The lowest BCUT2D eigenvalue weighted by Crippen LogP contribution is -2.47. The van der Waals surface area contributed by atoms with Crippen LogP contribution in [-0.2, 0) is 23.7 Å². The molecule has 0 bridgehead atoms. The van der Waals surface area contributed by atoms with Crippen molar-refractivity contribution in [2.45, 2.75) is 105 Å². The molecule has 3 N–H and O–H groups in total. The first-order chi connectivity index (χ1) is 17.5. The Morgan fingerprint density at radius 1 is 0.895 bits per heavy atom. The molecule has 0 radical (unpaired) electrons. The Morgan fingerprint density at radius 3 is 1.97 bits per heavy atom. The Hall–Kier alpha value is -2.53. The minimum absolute atomic E-state index is 0.124. The monoisotopic (exact) mass is 521 g/mol. The van der Waals surface area contributed by atoms with Gasteiger partial charge in [0, 0.05) is 31.4 Å². The highest BCUT2D eigenvalue weighted by Crippen LogP contribution is 2.40. The van der Waals surface area contributed by atoms with E-state index in [0.717, 1.165) is 67.7 Å². The van der Waals surface area contributed by atoms with E-state index < -0.39 is 0 Å². The second-order valence-electron chi connectivity index (χ2n) is 14.4. The summed E-state index contributed by atoms with van der Waals surface area (Å²) in [6, 6.07) is 12.5. The van der Waals surface area contributed by atoms with Gasteiger partial charge in [0.15, 0.2) is 0 Å². The van der Waals surface area contributed by atoms with E-state index >= 15 is 0 Å². The number of anilines is 1. The van der Waals surface area contributed by atoms with Crippen LogP contribution in [0.2, 0.25) is 0 Å². The van der Waals surface area contributed by atoms with Crippen LogP contribution >= 0.6 is 0 Å². The minimum Gasteiger partial charge on any atom is -0.507 e. The number of benzene rings is 2. The van der Waals surface area contributed by atoms with Crippen molar-refractivity contribution in [1.82, 2.24) is 10.2 Å². The molecular formula is C33H51N3O2. The molecule has 2 aromatic rings. The first-order valence-electron chi connectivity index (χ1n) is 14.3. The average molecular weight is 522 g/mol. The SMILES string of the molecule is CC(C)(C)CN1CCC(NC(=O)Nc2ccccc2CCc2cc(C(C)(C)C)c(O)c(C(C)(C)C)c2)CC1. The summed E-state index contributed by atoms with van der Waals surface area (Å²) in [4.78, 5) is 15.4. The van der Waals surface area contributed by atoms with E-state index in [9.17, 15) is 9.90 Å². The predicted molar refractivity (Wildman–Crippen MR) is 160 cm³/mol. The van der Waals surface area contributed by atoms with Crippen molar-refractivity contribution in [3.63, 3.8) is 0 Å². The van der Waals surface area contributed by atoms with E-state index in [2.05, 4.69) is 96.0 Å². The molecule has 3 rings (SSSR count). The molecule has 210 valence electrons. The third-order valence-corrected chi connectivity index (χ3v) is 7.36. The number of nitrogens with one attached hydrogen (secondary N) is 2. The first-order valence-corrected chi connectivity index (χ1v) is 14.3. The van der Waals surface area contributed by atoms with Gasteiger partial charge in [0.05, 0.1) is 0 Å². The zero-order chi connectivity index (χ0) is 28.3. The molecule has 5 nitrogen and oxygen atoms in total. The number of phenolic OH excluding ortho intramolecular Hbond substituents is 1. The molecule has 0 atom stereocenters. The molecule has 0 spiro atoms. The lowest BCUT2D eigenvalue weighted by molar-refractivity contribution is 0.147. The Labute approximate surface area is 231 Å². The standard InChI is InChI=1S/C33H51N3O2/c1-31(2,3)22-36-18-16-25(17-19-36)34-30(38)35-28-13-11-10-12-24(28)15-14-23-20-26(32(4,5)6)29(37)27(21-23)33(7,8)9/h10-13,20-21,25,37H,14-19,22H2,1-9H3,(H2,34,35,38). The zero-order valence-electron chi connectivity index (χ0n) is 25.3. The Morgan fingerprint density at radius 2 is 1.45 bits per heavy atom. The number of aromatic hydroxyl groups is 1. The van der Waals surface area contributed by atoms with Crippen molar-refractivity contribution in [3.8, 4) is 5.75 Å². The number of urea groups is 1. The molecule has 1 heterocycles. The van der Waals surface area contributed by atoms with Gasteiger partial charge < -0.3 is 20.6 Å². The largest absolute Gasteiger partial charge is 0.507 e. The van der Waals surface area contributed by atoms with Crippen molar-refractivity contribution in [1.29, 1.82) is 0 Å². The summed E-state index contributed by atoms with van der Waals surface area (Å²) in [6.07, 6.45) is 3.61. The van der Waals surface area contributed by atoms with E-state index in [-0.39, 0.29) is 22.9 Å². The second kappa shape index (κ2) is 11.7. The summed E-state index contributed by atoms with van der Waals surface area (Å²) in [5, 5.41) is 17.4. The highest BCUT2D eigenvalue weighted by atomic mass is 16.3. The molecule has 0 unspecified atom stereocenters. The van der Waals surface area contributed by atoms with Crippen molar-refractivity contribution in [2.24, 2.45) is 5.41 Å². The summed E-state index contributed by atoms with van der Waals surface area (Å²) in [5.74, 6) is 0.414. The van der Waals surface area contributed by atoms with Crippen molar-refractivity contribution in [3.05, 3.63) is 58.7 Å². The first kappa shape index (κ1) is 30.0. The fraction of sp³-hybridized carbons (Fsp3) is 0.606. The van der Waals surface area contributed by atoms with Gasteiger partial charge in [-0.3, -0.25) is 0 Å². The lowest BCUT2D eigenvalue weighted by atomic mass is 9.78.